The average Bonchev–Trinajstić information content (AvgIpc) is 3.43. The molecule has 2 aromatic carbocycles. The Morgan fingerprint density at radius 2 is 1.52 bits per heavy atom. The number of allylic oxidation sites excluding steroid dienone is 2. The number of aromatic carboxylic acids is 1. The second kappa shape index (κ2) is 6.91. The van der Waals surface area contributed by atoms with E-state index < -0.39 is 11.9 Å². The molecule has 3 aliphatic rings. The molecule has 0 spiro atoms. The van der Waals surface area contributed by atoms with E-state index in [4.69, 9.17) is 5.11 Å². The van der Waals surface area contributed by atoms with Gasteiger partial charge in [-0.3, -0.25) is 19.3 Å². The standard InChI is InChI=1S/C24H20N2O5/c1-12-2-3-16(24(30)31)11-18(12)25-21(27)13-6-8-17(9-7-13)26-22(28)19-14-4-5-15(10-14)20(19)23(26)29/h2-9,11,14-15,19-20H,10H2,1H3,(H,25,27)(H,30,31). The van der Waals surface area contributed by atoms with Gasteiger partial charge in [0.15, 0.2) is 0 Å². The number of carbonyl (C=O) groups excluding carboxylic acids is 3. The summed E-state index contributed by atoms with van der Waals surface area (Å²) in [5, 5.41) is 11.9. The minimum absolute atomic E-state index is 0.0799. The predicted molar refractivity (Wildman–Crippen MR) is 113 cm³/mol. The van der Waals surface area contributed by atoms with E-state index in [0.717, 1.165) is 12.0 Å². The van der Waals surface area contributed by atoms with E-state index in [-0.39, 0.29) is 41.0 Å². The van der Waals surface area contributed by atoms with E-state index in [0.29, 0.717) is 16.9 Å². The summed E-state index contributed by atoms with van der Waals surface area (Å²) in [5.41, 5.74) is 2.03. The highest BCUT2D eigenvalue weighted by Crippen LogP contribution is 2.53. The second-order valence-electron chi connectivity index (χ2n) is 8.35. The molecule has 2 aromatic rings. The van der Waals surface area contributed by atoms with Crippen molar-refractivity contribution in [2.75, 3.05) is 10.2 Å². The Morgan fingerprint density at radius 3 is 2.10 bits per heavy atom. The number of nitrogens with zero attached hydrogens (tertiary/aromatic N) is 1. The minimum Gasteiger partial charge on any atom is -0.478 e. The first-order valence-electron chi connectivity index (χ1n) is 10.2. The lowest BCUT2D eigenvalue weighted by molar-refractivity contribution is -0.123. The number of amides is 3. The molecule has 0 radical (unpaired) electrons. The molecule has 4 unspecified atom stereocenters. The van der Waals surface area contributed by atoms with Crippen LogP contribution in [0.1, 0.15) is 32.7 Å². The van der Waals surface area contributed by atoms with Crippen LogP contribution in [0.2, 0.25) is 0 Å². The van der Waals surface area contributed by atoms with Crippen LogP contribution in [0.25, 0.3) is 0 Å². The number of nitrogens with one attached hydrogen (secondary N) is 1. The third kappa shape index (κ3) is 2.96. The molecular weight excluding hydrogens is 396 g/mol. The van der Waals surface area contributed by atoms with Crippen LogP contribution in [0.15, 0.2) is 54.6 Å². The third-order valence-corrected chi connectivity index (χ3v) is 6.59. The monoisotopic (exact) mass is 416 g/mol. The summed E-state index contributed by atoms with van der Waals surface area (Å²) in [4.78, 5) is 50.9. The molecule has 2 fully saturated rings. The van der Waals surface area contributed by atoms with Gasteiger partial charge in [-0.15, -0.1) is 0 Å². The van der Waals surface area contributed by atoms with E-state index in [1.54, 1.807) is 37.3 Å². The fourth-order valence-corrected chi connectivity index (χ4v) is 5.00. The number of carboxylic acid groups (broad SMARTS) is 1. The van der Waals surface area contributed by atoms with Crippen molar-refractivity contribution in [3.05, 3.63) is 71.3 Å². The lowest BCUT2D eigenvalue weighted by Gasteiger charge is -2.17. The molecule has 2 N–H and O–H groups in total. The molecule has 7 heteroatoms. The fourth-order valence-electron chi connectivity index (χ4n) is 5.00. The first kappa shape index (κ1) is 19.2. The van der Waals surface area contributed by atoms with Gasteiger partial charge in [-0.25, -0.2) is 4.79 Å². The summed E-state index contributed by atoms with van der Waals surface area (Å²) in [6, 6.07) is 10.8. The molecule has 5 rings (SSSR count). The highest BCUT2D eigenvalue weighted by atomic mass is 16.4. The van der Waals surface area contributed by atoms with E-state index in [9.17, 15) is 19.2 Å². The highest BCUT2D eigenvalue weighted by molar-refractivity contribution is 6.23. The van der Waals surface area contributed by atoms with Crippen molar-refractivity contribution in [2.45, 2.75) is 13.3 Å². The molecule has 2 bridgehead atoms. The van der Waals surface area contributed by atoms with Crippen LogP contribution in [0, 0.1) is 30.6 Å². The number of carboxylic acids is 1. The molecule has 1 heterocycles. The topological polar surface area (TPSA) is 104 Å². The number of imide groups is 1. The summed E-state index contributed by atoms with van der Waals surface area (Å²) < 4.78 is 0. The number of aryl methyl sites for hydroxylation is 1. The lowest BCUT2D eigenvalue weighted by atomic mass is 9.85. The predicted octanol–water partition coefficient (Wildman–Crippen LogP) is 3.26. The Labute approximate surface area is 178 Å². The van der Waals surface area contributed by atoms with Crippen molar-refractivity contribution in [2.24, 2.45) is 23.7 Å². The highest BCUT2D eigenvalue weighted by Gasteiger charge is 2.59. The number of hydrogen-bond acceptors (Lipinski definition) is 4. The van der Waals surface area contributed by atoms with Crippen molar-refractivity contribution in [3.8, 4) is 0 Å². The zero-order chi connectivity index (χ0) is 21.9. The molecule has 0 aromatic heterocycles. The molecule has 31 heavy (non-hydrogen) atoms. The van der Waals surface area contributed by atoms with E-state index in [1.807, 2.05) is 0 Å². The van der Waals surface area contributed by atoms with Crippen molar-refractivity contribution in [1.29, 1.82) is 0 Å². The van der Waals surface area contributed by atoms with E-state index in [1.165, 1.54) is 17.0 Å². The van der Waals surface area contributed by atoms with Crippen molar-refractivity contribution in [3.63, 3.8) is 0 Å². The summed E-state index contributed by atoms with van der Waals surface area (Å²) in [6.07, 6.45) is 4.98. The van der Waals surface area contributed by atoms with Crippen molar-refractivity contribution in [1.82, 2.24) is 0 Å². The summed E-state index contributed by atoms with van der Waals surface area (Å²) in [6.45, 7) is 1.77. The van der Waals surface area contributed by atoms with Crippen molar-refractivity contribution < 1.29 is 24.3 Å². The van der Waals surface area contributed by atoms with Crippen LogP contribution in [-0.4, -0.2) is 28.8 Å². The zero-order valence-electron chi connectivity index (χ0n) is 16.7. The van der Waals surface area contributed by atoms with Gasteiger partial charge in [0, 0.05) is 11.3 Å². The normalized spacial score (nSPS) is 25.8. The van der Waals surface area contributed by atoms with Crippen LogP contribution in [0.5, 0.6) is 0 Å². The fraction of sp³-hybridized carbons (Fsp3) is 0.250. The number of benzene rings is 2. The average molecular weight is 416 g/mol. The smallest absolute Gasteiger partial charge is 0.335 e. The van der Waals surface area contributed by atoms with Gasteiger partial charge in [0.05, 0.1) is 23.1 Å². The summed E-state index contributed by atoms with van der Waals surface area (Å²) in [7, 11) is 0. The maximum atomic E-state index is 12.9. The van der Waals surface area contributed by atoms with Crippen LogP contribution in [-0.2, 0) is 9.59 Å². The summed E-state index contributed by atoms with van der Waals surface area (Å²) in [5.74, 6) is -2.05. The van der Waals surface area contributed by atoms with Gasteiger partial charge in [0.2, 0.25) is 11.8 Å². The summed E-state index contributed by atoms with van der Waals surface area (Å²) >= 11 is 0. The SMILES string of the molecule is Cc1ccc(C(=O)O)cc1NC(=O)c1ccc(N2C(=O)C3C4C=CC(C4)C3C2=O)cc1. The molecule has 1 saturated heterocycles. The maximum absolute atomic E-state index is 12.9. The maximum Gasteiger partial charge on any atom is 0.335 e. The first-order chi connectivity index (χ1) is 14.8. The Morgan fingerprint density at radius 1 is 0.935 bits per heavy atom. The molecular formula is C24H20N2O5. The number of hydrogen-bond donors (Lipinski definition) is 2. The quantitative estimate of drug-likeness (QED) is 0.588. The van der Waals surface area contributed by atoms with Crippen LogP contribution >= 0.6 is 0 Å². The van der Waals surface area contributed by atoms with Crippen LogP contribution < -0.4 is 10.2 Å². The molecule has 3 amide bonds. The third-order valence-electron chi connectivity index (χ3n) is 6.59. The lowest BCUT2D eigenvalue weighted by Crippen LogP contribution is -2.32. The van der Waals surface area contributed by atoms with Gasteiger partial charge < -0.3 is 10.4 Å². The zero-order valence-corrected chi connectivity index (χ0v) is 16.7. The molecule has 7 nitrogen and oxygen atoms in total. The largest absolute Gasteiger partial charge is 0.478 e. The van der Waals surface area contributed by atoms with Crippen molar-refractivity contribution >= 4 is 35.1 Å². The number of fused-ring (bicyclic) bond motifs is 5. The Bertz CT molecular complexity index is 1140. The van der Waals surface area contributed by atoms with Gasteiger partial charge in [-0.2, -0.15) is 0 Å². The Balaban J connectivity index is 1.35. The molecule has 1 aliphatic heterocycles. The van der Waals surface area contributed by atoms with Gasteiger partial charge in [-0.05, 0) is 67.1 Å². The minimum atomic E-state index is -1.08. The molecule has 2 aliphatic carbocycles. The second-order valence-corrected chi connectivity index (χ2v) is 8.35. The molecule has 1 saturated carbocycles. The van der Waals surface area contributed by atoms with E-state index in [2.05, 4.69) is 17.5 Å². The Hall–Kier alpha value is -3.74. The molecule has 4 atom stereocenters. The van der Waals surface area contributed by atoms with Gasteiger partial charge in [-0.1, -0.05) is 18.2 Å². The van der Waals surface area contributed by atoms with Crippen LogP contribution in [0.4, 0.5) is 11.4 Å². The van der Waals surface area contributed by atoms with Gasteiger partial charge >= 0.3 is 5.97 Å². The van der Waals surface area contributed by atoms with E-state index >= 15 is 0 Å². The Kier molecular flexibility index (Phi) is 4.28. The number of anilines is 2. The molecule has 156 valence electrons. The van der Waals surface area contributed by atoms with Gasteiger partial charge in [0.25, 0.3) is 5.91 Å². The van der Waals surface area contributed by atoms with Crippen LogP contribution in [0.3, 0.4) is 0 Å². The number of rotatable bonds is 4. The first-order valence-corrected chi connectivity index (χ1v) is 10.2. The number of carbonyl (C=O) groups is 4. The van der Waals surface area contributed by atoms with Gasteiger partial charge in [0.1, 0.15) is 0 Å².